The van der Waals surface area contributed by atoms with Crippen LogP contribution in [0, 0.1) is 0 Å². The molecule has 0 unspecified atom stereocenters. The fraction of sp³-hybridized carbons (Fsp3) is 0.389. The van der Waals surface area contributed by atoms with E-state index in [0.717, 1.165) is 44.2 Å². The van der Waals surface area contributed by atoms with Crippen LogP contribution in [0.15, 0.2) is 40.8 Å². The molecule has 1 aromatic heterocycles. The third kappa shape index (κ3) is 4.08. The molecule has 0 spiro atoms. The second-order valence-corrected chi connectivity index (χ2v) is 5.90. The molecular formula is C18H22N2O4. The molecular weight excluding hydrogens is 308 g/mol. The first kappa shape index (κ1) is 16.4. The lowest BCUT2D eigenvalue weighted by molar-refractivity contribution is -0.142. The number of hydrogen-bond acceptors (Lipinski definition) is 6. The molecule has 0 bridgehead atoms. The van der Waals surface area contributed by atoms with Crippen LogP contribution >= 0.6 is 0 Å². The SMILES string of the molecule is CC(=O)OCc1ccc(CN2CCN(c3ccccc3O)CC2)o1. The van der Waals surface area contributed by atoms with Crippen molar-refractivity contribution in [2.24, 2.45) is 0 Å². The van der Waals surface area contributed by atoms with Gasteiger partial charge in [-0.2, -0.15) is 0 Å². The Hall–Kier alpha value is -2.47. The minimum absolute atomic E-state index is 0.177. The topological polar surface area (TPSA) is 66.2 Å². The molecule has 2 aromatic rings. The number of nitrogens with zero attached hydrogens (tertiary/aromatic N) is 2. The standard InChI is InChI=1S/C18H22N2O4/c1-14(21)23-13-16-7-6-15(24-16)12-19-8-10-20(11-9-19)17-4-2-3-5-18(17)22/h2-7,22H,8-13H2,1H3. The molecule has 0 aliphatic carbocycles. The highest BCUT2D eigenvalue weighted by molar-refractivity contribution is 5.65. The zero-order valence-corrected chi connectivity index (χ0v) is 13.8. The molecule has 0 atom stereocenters. The average Bonchev–Trinajstić information content (AvgIpc) is 3.02. The van der Waals surface area contributed by atoms with Crippen LogP contribution in [-0.2, 0) is 22.7 Å². The summed E-state index contributed by atoms with van der Waals surface area (Å²) in [6.45, 7) is 5.80. The first-order chi connectivity index (χ1) is 11.6. The third-order valence-corrected chi connectivity index (χ3v) is 4.11. The number of ether oxygens (including phenoxy) is 1. The van der Waals surface area contributed by atoms with Crippen molar-refractivity contribution in [3.8, 4) is 5.75 Å². The Kier molecular flexibility index (Phi) is 5.05. The molecule has 1 N–H and O–H groups in total. The molecule has 1 fully saturated rings. The molecule has 1 saturated heterocycles. The van der Waals surface area contributed by atoms with Crippen LogP contribution in [0.2, 0.25) is 0 Å². The van der Waals surface area contributed by atoms with Crippen LogP contribution in [-0.4, -0.2) is 42.2 Å². The average molecular weight is 330 g/mol. The van der Waals surface area contributed by atoms with Gasteiger partial charge in [-0.05, 0) is 24.3 Å². The van der Waals surface area contributed by atoms with Crippen molar-refractivity contribution in [1.82, 2.24) is 4.90 Å². The maximum absolute atomic E-state index is 10.8. The van der Waals surface area contributed by atoms with Gasteiger partial charge >= 0.3 is 5.97 Å². The molecule has 0 radical (unpaired) electrons. The van der Waals surface area contributed by atoms with Crippen LogP contribution in [0.5, 0.6) is 5.75 Å². The quantitative estimate of drug-likeness (QED) is 0.849. The minimum Gasteiger partial charge on any atom is -0.506 e. The Labute approximate surface area is 141 Å². The van der Waals surface area contributed by atoms with Crippen molar-refractivity contribution < 1.29 is 19.1 Å². The van der Waals surface area contributed by atoms with Gasteiger partial charge in [-0.3, -0.25) is 9.69 Å². The van der Waals surface area contributed by atoms with E-state index in [-0.39, 0.29) is 12.6 Å². The molecule has 2 heterocycles. The molecule has 0 amide bonds. The van der Waals surface area contributed by atoms with E-state index in [2.05, 4.69) is 9.80 Å². The minimum atomic E-state index is -0.312. The van der Waals surface area contributed by atoms with E-state index in [9.17, 15) is 9.90 Å². The number of benzene rings is 1. The second kappa shape index (κ2) is 7.40. The lowest BCUT2D eigenvalue weighted by Crippen LogP contribution is -2.45. The van der Waals surface area contributed by atoms with Gasteiger partial charge in [0.1, 0.15) is 23.9 Å². The molecule has 3 rings (SSSR count). The van der Waals surface area contributed by atoms with Gasteiger partial charge in [-0.25, -0.2) is 0 Å². The van der Waals surface area contributed by atoms with E-state index in [0.29, 0.717) is 11.5 Å². The molecule has 0 saturated carbocycles. The zero-order chi connectivity index (χ0) is 16.9. The first-order valence-corrected chi connectivity index (χ1v) is 8.08. The number of para-hydroxylation sites is 2. The van der Waals surface area contributed by atoms with Crippen LogP contribution in [0.25, 0.3) is 0 Å². The summed E-state index contributed by atoms with van der Waals surface area (Å²) in [4.78, 5) is 15.3. The summed E-state index contributed by atoms with van der Waals surface area (Å²) < 4.78 is 10.6. The van der Waals surface area contributed by atoms with Gasteiger partial charge in [0.15, 0.2) is 0 Å². The van der Waals surface area contributed by atoms with Gasteiger partial charge in [0.05, 0.1) is 12.2 Å². The number of phenols is 1. The molecule has 1 aromatic carbocycles. The van der Waals surface area contributed by atoms with E-state index in [1.54, 1.807) is 6.07 Å². The van der Waals surface area contributed by atoms with Crippen molar-refractivity contribution in [2.45, 2.75) is 20.1 Å². The van der Waals surface area contributed by atoms with Gasteiger partial charge in [0.2, 0.25) is 0 Å². The predicted molar refractivity (Wildman–Crippen MR) is 89.8 cm³/mol. The summed E-state index contributed by atoms with van der Waals surface area (Å²) >= 11 is 0. The molecule has 6 nitrogen and oxygen atoms in total. The van der Waals surface area contributed by atoms with E-state index in [1.807, 2.05) is 30.3 Å². The molecule has 6 heteroatoms. The van der Waals surface area contributed by atoms with Crippen LogP contribution in [0.3, 0.4) is 0 Å². The zero-order valence-electron chi connectivity index (χ0n) is 13.8. The van der Waals surface area contributed by atoms with E-state index in [1.165, 1.54) is 6.92 Å². The van der Waals surface area contributed by atoms with Crippen molar-refractivity contribution in [3.05, 3.63) is 47.9 Å². The number of hydrogen-bond donors (Lipinski definition) is 1. The van der Waals surface area contributed by atoms with Gasteiger partial charge in [-0.15, -0.1) is 0 Å². The number of phenolic OH excluding ortho intramolecular Hbond substituents is 1. The Morgan fingerprint density at radius 1 is 1.12 bits per heavy atom. The van der Waals surface area contributed by atoms with Crippen molar-refractivity contribution in [2.75, 3.05) is 31.1 Å². The number of aromatic hydroxyl groups is 1. The number of rotatable bonds is 5. The number of carbonyl (C=O) groups excluding carboxylic acids is 1. The summed E-state index contributed by atoms with van der Waals surface area (Å²) in [5.41, 5.74) is 0.888. The van der Waals surface area contributed by atoms with E-state index >= 15 is 0 Å². The highest BCUT2D eigenvalue weighted by Crippen LogP contribution is 2.27. The van der Waals surface area contributed by atoms with Crippen molar-refractivity contribution in [3.63, 3.8) is 0 Å². The lowest BCUT2D eigenvalue weighted by atomic mass is 10.2. The van der Waals surface area contributed by atoms with E-state index in [4.69, 9.17) is 9.15 Å². The summed E-state index contributed by atoms with van der Waals surface area (Å²) in [6.07, 6.45) is 0. The second-order valence-electron chi connectivity index (χ2n) is 5.90. The number of esters is 1. The smallest absolute Gasteiger partial charge is 0.303 e. The largest absolute Gasteiger partial charge is 0.506 e. The molecule has 128 valence electrons. The summed E-state index contributed by atoms with van der Waals surface area (Å²) in [7, 11) is 0. The van der Waals surface area contributed by atoms with Gasteiger partial charge in [0, 0.05) is 33.1 Å². The summed E-state index contributed by atoms with van der Waals surface area (Å²) in [5, 5.41) is 9.95. The predicted octanol–water partition coefficient (Wildman–Crippen LogP) is 2.37. The van der Waals surface area contributed by atoms with Crippen LogP contribution in [0.1, 0.15) is 18.4 Å². The lowest BCUT2D eigenvalue weighted by Gasteiger charge is -2.35. The van der Waals surface area contributed by atoms with Crippen molar-refractivity contribution >= 4 is 11.7 Å². The molecule has 1 aliphatic rings. The van der Waals surface area contributed by atoms with Crippen molar-refractivity contribution in [1.29, 1.82) is 0 Å². The maximum atomic E-state index is 10.8. The fourth-order valence-electron chi connectivity index (χ4n) is 2.86. The monoisotopic (exact) mass is 330 g/mol. The number of anilines is 1. The highest BCUT2D eigenvalue weighted by Gasteiger charge is 2.20. The van der Waals surface area contributed by atoms with Gasteiger partial charge < -0.3 is 19.2 Å². The maximum Gasteiger partial charge on any atom is 0.303 e. The van der Waals surface area contributed by atoms with E-state index < -0.39 is 0 Å². The normalized spacial score (nSPS) is 15.5. The number of piperazine rings is 1. The number of carbonyl (C=O) groups is 1. The van der Waals surface area contributed by atoms with Gasteiger partial charge in [0.25, 0.3) is 0 Å². The Bertz CT molecular complexity index is 690. The van der Waals surface area contributed by atoms with Crippen LogP contribution < -0.4 is 4.90 Å². The number of furan rings is 1. The summed E-state index contributed by atoms with van der Waals surface area (Å²) in [5.74, 6) is 1.54. The Balaban J connectivity index is 1.50. The Morgan fingerprint density at radius 3 is 2.54 bits per heavy atom. The summed E-state index contributed by atoms with van der Waals surface area (Å²) in [6, 6.07) is 11.2. The third-order valence-electron chi connectivity index (χ3n) is 4.11. The Morgan fingerprint density at radius 2 is 1.83 bits per heavy atom. The fourth-order valence-corrected chi connectivity index (χ4v) is 2.86. The first-order valence-electron chi connectivity index (χ1n) is 8.08. The van der Waals surface area contributed by atoms with Gasteiger partial charge in [-0.1, -0.05) is 12.1 Å². The highest BCUT2D eigenvalue weighted by atomic mass is 16.5. The molecule has 1 aliphatic heterocycles. The molecule has 24 heavy (non-hydrogen) atoms. The van der Waals surface area contributed by atoms with Crippen LogP contribution in [0.4, 0.5) is 5.69 Å².